The average Bonchev–Trinajstić information content (AvgIpc) is 2.61. The number of methoxy groups -OCH3 is 2. The number of esters is 2. The van der Waals surface area contributed by atoms with Crippen molar-refractivity contribution in [3.8, 4) is 0 Å². The summed E-state index contributed by atoms with van der Waals surface area (Å²) in [5.41, 5.74) is -0.724. The van der Waals surface area contributed by atoms with Crippen molar-refractivity contribution < 1.29 is 23.9 Å². The second kappa shape index (κ2) is 5.56. The van der Waals surface area contributed by atoms with E-state index in [-0.39, 0.29) is 12.5 Å². The number of rotatable bonds is 4. The van der Waals surface area contributed by atoms with Gasteiger partial charge in [-0.3, -0.25) is 19.3 Å². The molecule has 1 rings (SSSR count). The Morgan fingerprint density at radius 3 is 2.16 bits per heavy atom. The van der Waals surface area contributed by atoms with Crippen LogP contribution in [0.15, 0.2) is 0 Å². The van der Waals surface area contributed by atoms with Gasteiger partial charge in [0.15, 0.2) is 0 Å². The lowest BCUT2D eigenvalue weighted by Gasteiger charge is -2.37. The summed E-state index contributed by atoms with van der Waals surface area (Å²) in [4.78, 5) is 36.7. The van der Waals surface area contributed by atoms with Gasteiger partial charge in [0, 0.05) is 0 Å². The fraction of sp³-hybridized carbons (Fsp3) is 0.750. The number of hydrogen-bond donors (Lipinski definition) is 1. The number of ether oxygens (including phenoxy) is 2. The standard InChI is InChI=1S/C12H20N2O5/c1-7(10(16)18-4)9(11(17)19-5)14-6-8(15)13-12(14,2)3/h7,9H,6H2,1-5H3,(H,13,15). The van der Waals surface area contributed by atoms with Gasteiger partial charge < -0.3 is 14.8 Å². The van der Waals surface area contributed by atoms with Gasteiger partial charge in [-0.15, -0.1) is 0 Å². The van der Waals surface area contributed by atoms with Gasteiger partial charge in [-0.05, 0) is 20.8 Å². The van der Waals surface area contributed by atoms with Crippen LogP contribution in [0.1, 0.15) is 20.8 Å². The zero-order valence-electron chi connectivity index (χ0n) is 11.9. The highest BCUT2D eigenvalue weighted by Crippen LogP contribution is 2.25. The van der Waals surface area contributed by atoms with Crippen molar-refractivity contribution in [3.05, 3.63) is 0 Å². The van der Waals surface area contributed by atoms with Gasteiger partial charge >= 0.3 is 11.9 Å². The highest BCUT2D eigenvalue weighted by Gasteiger charge is 2.47. The van der Waals surface area contributed by atoms with Gasteiger partial charge in [0.1, 0.15) is 6.04 Å². The van der Waals surface area contributed by atoms with Crippen LogP contribution in [-0.4, -0.2) is 55.2 Å². The van der Waals surface area contributed by atoms with E-state index in [9.17, 15) is 14.4 Å². The van der Waals surface area contributed by atoms with E-state index in [0.717, 1.165) is 0 Å². The number of carbonyl (C=O) groups is 3. The van der Waals surface area contributed by atoms with Crippen LogP contribution >= 0.6 is 0 Å². The summed E-state index contributed by atoms with van der Waals surface area (Å²) in [6.07, 6.45) is 0. The van der Waals surface area contributed by atoms with E-state index in [1.807, 2.05) is 0 Å². The van der Waals surface area contributed by atoms with Crippen molar-refractivity contribution >= 4 is 17.8 Å². The lowest BCUT2D eigenvalue weighted by molar-refractivity contribution is -0.160. The number of nitrogens with one attached hydrogen (secondary N) is 1. The number of hydrogen-bond acceptors (Lipinski definition) is 6. The summed E-state index contributed by atoms with van der Waals surface area (Å²) >= 11 is 0. The minimum Gasteiger partial charge on any atom is -0.469 e. The molecular weight excluding hydrogens is 252 g/mol. The van der Waals surface area contributed by atoms with E-state index in [2.05, 4.69) is 10.1 Å². The monoisotopic (exact) mass is 272 g/mol. The third-order valence-electron chi connectivity index (χ3n) is 3.30. The molecule has 19 heavy (non-hydrogen) atoms. The minimum absolute atomic E-state index is 0.0358. The Bertz CT molecular complexity index is 394. The van der Waals surface area contributed by atoms with Crippen LogP contribution in [0.4, 0.5) is 0 Å². The fourth-order valence-electron chi connectivity index (χ4n) is 2.29. The Morgan fingerprint density at radius 1 is 1.26 bits per heavy atom. The molecule has 7 heteroatoms. The zero-order chi connectivity index (χ0) is 14.8. The molecule has 1 amide bonds. The Kier molecular flexibility index (Phi) is 4.52. The maximum Gasteiger partial charge on any atom is 0.324 e. The summed E-state index contributed by atoms with van der Waals surface area (Å²) in [6.45, 7) is 5.13. The molecule has 0 aromatic heterocycles. The molecule has 0 bridgehead atoms. The van der Waals surface area contributed by atoms with Crippen LogP contribution in [0.5, 0.6) is 0 Å². The molecule has 0 aliphatic carbocycles. The Labute approximate surface area is 112 Å². The van der Waals surface area contributed by atoms with Crippen LogP contribution in [0, 0.1) is 5.92 Å². The molecule has 2 atom stereocenters. The first-order valence-corrected chi connectivity index (χ1v) is 5.98. The van der Waals surface area contributed by atoms with E-state index < -0.39 is 29.6 Å². The number of carbonyl (C=O) groups excluding carboxylic acids is 3. The second-order valence-corrected chi connectivity index (χ2v) is 5.01. The fourth-order valence-corrected chi connectivity index (χ4v) is 2.29. The Balaban J connectivity index is 3.07. The lowest BCUT2D eigenvalue weighted by atomic mass is 9.98. The second-order valence-electron chi connectivity index (χ2n) is 5.01. The molecule has 1 aliphatic rings. The summed E-state index contributed by atoms with van der Waals surface area (Å²) in [5.74, 6) is -2.02. The van der Waals surface area contributed by atoms with Crippen LogP contribution in [0.3, 0.4) is 0 Å². The normalized spacial score (nSPS) is 21.4. The summed E-state index contributed by atoms with van der Waals surface area (Å²) in [7, 11) is 2.50. The predicted octanol–water partition coefficient (Wildman–Crippen LogP) is -0.495. The first-order chi connectivity index (χ1) is 8.74. The molecule has 0 radical (unpaired) electrons. The van der Waals surface area contributed by atoms with Gasteiger partial charge in [0.2, 0.25) is 5.91 Å². The van der Waals surface area contributed by atoms with Crippen LogP contribution in [0.25, 0.3) is 0 Å². The van der Waals surface area contributed by atoms with Crippen LogP contribution < -0.4 is 5.32 Å². The molecule has 1 aliphatic heterocycles. The molecule has 108 valence electrons. The lowest BCUT2D eigenvalue weighted by Crippen LogP contribution is -2.57. The highest BCUT2D eigenvalue weighted by atomic mass is 16.5. The zero-order valence-corrected chi connectivity index (χ0v) is 11.9. The SMILES string of the molecule is COC(=O)C(C)C(C(=O)OC)N1CC(=O)NC1(C)C. The van der Waals surface area contributed by atoms with Crippen molar-refractivity contribution in [1.29, 1.82) is 0 Å². The first kappa shape index (κ1) is 15.4. The Hall–Kier alpha value is -1.63. The third kappa shape index (κ3) is 3.04. The van der Waals surface area contributed by atoms with Crippen molar-refractivity contribution in [2.75, 3.05) is 20.8 Å². The molecule has 2 unspecified atom stereocenters. The highest BCUT2D eigenvalue weighted by molar-refractivity contribution is 5.87. The first-order valence-electron chi connectivity index (χ1n) is 5.98. The molecule has 1 fully saturated rings. The molecular formula is C12H20N2O5. The number of nitrogens with zero attached hydrogens (tertiary/aromatic N) is 1. The summed E-state index contributed by atoms with van der Waals surface area (Å²) < 4.78 is 9.41. The minimum atomic E-state index is -0.869. The van der Waals surface area contributed by atoms with Crippen molar-refractivity contribution in [2.24, 2.45) is 5.92 Å². The van der Waals surface area contributed by atoms with Crippen molar-refractivity contribution in [2.45, 2.75) is 32.5 Å². The molecule has 0 spiro atoms. The van der Waals surface area contributed by atoms with E-state index in [0.29, 0.717) is 0 Å². The molecule has 1 N–H and O–H groups in total. The molecule has 1 saturated heterocycles. The van der Waals surface area contributed by atoms with Crippen LogP contribution in [0.2, 0.25) is 0 Å². The Morgan fingerprint density at radius 2 is 1.79 bits per heavy atom. The quantitative estimate of drug-likeness (QED) is 0.695. The van der Waals surface area contributed by atoms with Crippen LogP contribution in [-0.2, 0) is 23.9 Å². The van der Waals surface area contributed by atoms with Gasteiger partial charge in [0.05, 0.1) is 32.3 Å². The van der Waals surface area contributed by atoms with Crippen molar-refractivity contribution in [3.63, 3.8) is 0 Å². The van der Waals surface area contributed by atoms with E-state index in [1.54, 1.807) is 25.7 Å². The largest absolute Gasteiger partial charge is 0.469 e. The summed E-state index contributed by atoms with van der Waals surface area (Å²) in [6, 6.07) is -0.869. The smallest absolute Gasteiger partial charge is 0.324 e. The van der Waals surface area contributed by atoms with E-state index in [1.165, 1.54) is 14.2 Å². The molecule has 7 nitrogen and oxygen atoms in total. The maximum absolute atomic E-state index is 11.9. The number of amides is 1. The van der Waals surface area contributed by atoms with E-state index in [4.69, 9.17) is 4.74 Å². The van der Waals surface area contributed by atoms with Gasteiger partial charge in [-0.25, -0.2) is 0 Å². The molecule has 1 heterocycles. The average molecular weight is 272 g/mol. The molecule has 0 aromatic carbocycles. The van der Waals surface area contributed by atoms with Crippen molar-refractivity contribution in [1.82, 2.24) is 10.2 Å². The topological polar surface area (TPSA) is 84.9 Å². The predicted molar refractivity (Wildman–Crippen MR) is 65.9 cm³/mol. The third-order valence-corrected chi connectivity index (χ3v) is 3.30. The van der Waals surface area contributed by atoms with Gasteiger partial charge in [-0.1, -0.05) is 0 Å². The van der Waals surface area contributed by atoms with Gasteiger partial charge in [0.25, 0.3) is 0 Å². The molecule has 0 aromatic rings. The van der Waals surface area contributed by atoms with E-state index >= 15 is 0 Å². The molecule has 0 saturated carbocycles. The maximum atomic E-state index is 11.9. The summed E-state index contributed by atoms with van der Waals surface area (Å²) in [5, 5.41) is 2.74. The van der Waals surface area contributed by atoms with Gasteiger partial charge in [-0.2, -0.15) is 0 Å².